The Labute approximate surface area is 67.9 Å². The summed E-state index contributed by atoms with van der Waals surface area (Å²) < 4.78 is 20.3. The molecule has 0 rings (SSSR count). The molecule has 0 spiro atoms. The van der Waals surface area contributed by atoms with Gasteiger partial charge < -0.3 is 9.66 Å². The van der Waals surface area contributed by atoms with E-state index in [1.807, 2.05) is 0 Å². The Balaban J connectivity index is 3.76. The Morgan fingerprint density at radius 3 is 2.55 bits per heavy atom. The second-order valence-electron chi connectivity index (χ2n) is 2.34. The summed E-state index contributed by atoms with van der Waals surface area (Å²) in [6, 6.07) is 0. The number of rotatable bonds is 5. The van der Waals surface area contributed by atoms with E-state index >= 15 is 0 Å². The lowest BCUT2D eigenvalue weighted by molar-refractivity contribution is -0.137. The first-order valence-electron chi connectivity index (χ1n) is 3.34. The zero-order chi connectivity index (χ0) is 8.85. The van der Waals surface area contributed by atoms with Crippen LogP contribution in [0.4, 0.5) is 0 Å². The minimum Gasteiger partial charge on any atom is -0.772 e. The molecular weight excluding hydrogens is 168 g/mol. The molecule has 0 heterocycles. The molecule has 11 heavy (non-hydrogen) atoms. The van der Waals surface area contributed by atoms with Gasteiger partial charge in [0.15, 0.2) is 0 Å². The monoisotopic (exact) mass is 179 g/mol. The molecule has 0 bridgehead atoms. The fourth-order valence-electron chi connectivity index (χ4n) is 0.761. The summed E-state index contributed by atoms with van der Waals surface area (Å²) in [6.07, 6.45) is 0.519. The third-order valence-electron chi connectivity index (χ3n) is 1.41. The molecule has 1 N–H and O–H groups in total. The normalized spacial score (nSPS) is 15.8. The van der Waals surface area contributed by atoms with Gasteiger partial charge in [0.2, 0.25) is 0 Å². The summed E-state index contributed by atoms with van der Waals surface area (Å²) in [4.78, 5) is 10.1. The van der Waals surface area contributed by atoms with Gasteiger partial charge in [0.05, 0.1) is 0 Å². The molecular formula is C6H11O4S-. The van der Waals surface area contributed by atoms with Crippen molar-refractivity contribution in [2.75, 3.05) is 5.75 Å². The molecule has 0 aromatic heterocycles. The van der Waals surface area contributed by atoms with Crippen molar-refractivity contribution in [3.8, 4) is 0 Å². The number of carbonyl (C=O) groups is 1. The average Bonchev–Trinajstić information content (AvgIpc) is 1.84. The van der Waals surface area contributed by atoms with Crippen LogP contribution >= 0.6 is 0 Å². The predicted octanol–water partition coefficient (Wildman–Crippen LogP) is 0.366. The molecule has 0 amide bonds. The van der Waals surface area contributed by atoms with Gasteiger partial charge in [0, 0.05) is 12.2 Å². The third kappa shape index (κ3) is 6.00. The van der Waals surface area contributed by atoms with Gasteiger partial charge in [-0.15, -0.1) is 0 Å². The van der Waals surface area contributed by atoms with Crippen molar-refractivity contribution in [2.45, 2.75) is 19.8 Å². The van der Waals surface area contributed by atoms with Crippen molar-refractivity contribution < 1.29 is 18.7 Å². The number of hydrogen-bond acceptors (Lipinski definition) is 3. The van der Waals surface area contributed by atoms with E-state index in [-0.39, 0.29) is 18.1 Å². The Hall–Kier alpha value is -0.420. The van der Waals surface area contributed by atoms with Gasteiger partial charge in [-0.2, -0.15) is 0 Å². The summed E-state index contributed by atoms with van der Waals surface area (Å²) in [7, 11) is 0. The maximum atomic E-state index is 10.2. The molecule has 0 aliphatic carbocycles. The van der Waals surface area contributed by atoms with Gasteiger partial charge in [-0.1, -0.05) is 24.4 Å². The van der Waals surface area contributed by atoms with E-state index in [4.69, 9.17) is 5.11 Å². The molecule has 0 aliphatic heterocycles. The zero-order valence-electron chi connectivity index (χ0n) is 6.28. The summed E-state index contributed by atoms with van der Waals surface area (Å²) in [5.41, 5.74) is 0. The molecule has 4 nitrogen and oxygen atoms in total. The first kappa shape index (κ1) is 10.6. The van der Waals surface area contributed by atoms with Crippen LogP contribution in [0.15, 0.2) is 0 Å². The second-order valence-corrected chi connectivity index (χ2v) is 3.28. The van der Waals surface area contributed by atoms with E-state index in [0.29, 0.717) is 6.42 Å². The zero-order valence-corrected chi connectivity index (χ0v) is 7.10. The van der Waals surface area contributed by atoms with Crippen LogP contribution < -0.4 is 0 Å². The van der Waals surface area contributed by atoms with E-state index in [1.165, 1.54) is 0 Å². The van der Waals surface area contributed by atoms with Crippen molar-refractivity contribution in [1.29, 1.82) is 0 Å². The van der Waals surface area contributed by atoms with Crippen molar-refractivity contribution in [3.05, 3.63) is 0 Å². The number of aliphatic carboxylic acids is 1. The maximum Gasteiger partial charge on any atom is 0.303 e. The summed E-state index contributed by atoms with van der Waals surface area (Å²) in [5.74, 6) is -1.24. The van der Waals surface area contributed by atoms with Gasteiger partial charge in [0.25, 0.3) is 0 Å². The molecule has 2 unspecified atom stereocenters. The highest BCUT2D eigenvalue weighted by Gasteiger charge is 2.10. The van der Waals surface area contributed by atoms with E-state index < -0.39 is 17.0 Å². The second kappa shape index (κ2) is 5.26. The average molecular weight is 179 g/mol. The minimum atomic E-state index is -2.13. The van der Waals surface area contributed by atoms with Crippen molar-refractivity contribution >= 4 is 17.0 Å². The number of hydrogen-bond donors (Lipinski definition) is 1. The van der Waals surface area contributed by atoms with Crippen LogP contribution in [-0.4, -0.2) is 25.6 Å². The Bertz CT molecular complexity index is 141. The Morgan fingerprint density at radius 1 is 1.73 bits per heavy atom. The SMILES string of the molecule is CCC(CC(=O)O)CS(=O)[O-]. The van der Waals surface area contributed by atoms with Gasteiger partial charge >= 0.3 is 5.97 Å². The van der Waals surface area contributed by atoms with E-state index in [0.717, 1.165) is 0 Å². The van der Waals surface area contributed by atoms with Crippen LogP contribution in [-0.2, 0) is 15.9 Å². The van der Waals surface area contributed by atoms with E-state index in [9.17, 15) is 13.6 Å². The van der Waals surface area contributed by atoms with Gasteiger partial charge in [-0.05, 0) is 5.92 Å². The third-order valence-corrected chi connectivity index (χ3v) is 2.16. The fourth-order valence-corrected chi connectivity index (χ4v) is 1.50. The quantitative estimate of drug-likeness (QED) is 0.618. The number of carboxylic acid groups (broad SMARTS) is 1. The molecule has 0 fully saturated rings. The largest absolute Gasteiger partial charge is 0.772 e. The van der Waals surface area contributed by atoms with Crippen molar-refractivity contribution in [3.63, 3.8) is 0 Å². The summed E-state index contributed by atoms with van der Waals surface area (Å²) in [6.45, 7) is 1.78. The van der Waals surface area contributed by atoms with Crippen LogP contribution in [0.25, 0.3) is 0 Å². The molecule has 0 radical (unpaired) electrons. The molecule has 0 aliphatic rings. The molecule has 2 atom stereocenters. The first-order chi connectivity index (χ1) is 5.06. The molecule has 66 valence electrons. The van der Waals surface area contributed by atoms with Crippen LogP contribution in [0.2, 0.25) is 0 Å². The van der Waals surface area contributed by atoms with E-state index in [2.05, 4.69) is 0 Å². The predicted molar refractivity (Wildman–Crippen MR) is 39.8 cm³/mol. The molecule has 0 aromatic rings. The standard InChI is InChI=1S/C6H12O4S/c1-2-5(3-6(7)8)4-11(9)10/h5H,2-4H2,1H3,(H,7,8)(H,9,10)/p-1. The maximum absolute atomic E-state index is 10.2. The topological polar surface area (TPSA) is 77.4 Å². The number of carboxylic acids is 1. The highest BCUT2D eigenvalue weighted by atomic mass is 32.2. The van der Waals surface area contributed by atoms with Crippen LogP contribution in [0, 0.1) is 5.92 Å². The summed E-state index contributed by atoms with van der Waals surface area (Å²) >= 11 is -2.13. The molecule has 0 saturated heterocycles. The molecule has 5 heteroatoms. The molecule has 0 saturated carbocycles. The van der Waals surface area contributed by atoms with E-state index in [1.54, 1.807) is 6.92 Å². The van der Waals surface area contributed by atoms with Gasteiger partial charge in [-0.25, -0.2) is 0 Å². The van der Waals surface area contributed by atoms with Gasteiger partial charge in [0.1, 0.15) is 0 Å². The highest BCUT2D eigenvalue weighted by Crippen LogP contribution is 2.08. The van der Waals surface area contributed by atoms with Crippen LogP contribution in [0.1, 0.15) is 19.8 Å². The Kier molecular flexibility index (Phi) is 5.06. The van der Waals surface area contributed by atoms with Crippen molar-refractivity contribution in [2.24, 2.45) is 5.92 Å². The molecule has 0 aromatic carbocycles. The lowest BCUT2D eigenvalue weighted by atomic mass is 10.1. The Morgan fingerprint density at radius 2 is 2.27 bits per heavy atom. The smallest absolute Gasteiger partial charge is 0.303 e. The highest BCUT2D eigenvalue weighted by molar-refractivity contribution is 7.79. The first-order valence-corrected chi connectivity index (χ1v) is 4.58. The van der Waals surface area contributed by atoms with Gasteiger partial charge in [-0.3, -0.25) is 9.00 Å². The van der Waals surface area contributed by atoms with Crippen molar-refractivity contribution in [1.82, 2.24) is 0 Å². The fraction of sp³-hybridized carbons (Fsp3) is 0.833. The lowest BCUT2D eigenvalue weighted by Crippen LogP contribution is -2.14. The van der Waals surface area contributed by atoms with Crippen LogP contribution in [0.3, 0.4) is 0 Å². The minimum absolute atomic E-state index is 0.0528. The van der Waals surface area contributed by atoms with Crippen LogP contribution in [0.5, 0.6) is 0 Å². The summed E-state index contributed by atoms with van der Waals surface area (Å²) in [5, 5.41) is 8.33. The lowest BCUT2D eigenvalue weighted by Gasteiger charge is -2.13.